The first-order valence-corrected chi connectivity index (χ1v) is 5.54. The van der Waals surface area contributed by atoms with Gasteiger partial charge in [-0.25, -0.2) is 13.8 Å². The van der Waals surface area contributed by atoms with Crippen LogP contribution in [0.3, 0.4) is 0 Å². The molecule has 0 saturated carbocycles. The Kier molecular flexibility index (Phi) is 4.06. The van der Waals surface area contributed by atoms with E-state index in [2.05, 4.69) is 36.8 Å². The lowest BCUT2D eigenvalue weighted by Gasteiger charge is -2.06. The van der Waals surface area contributed by atoms with Gasteiger partial charge in [-0.2, -0.15) is 0 Å². The summed E-state index contributed by atoms with van der Waals surface area (Å²) in [5.41, 5.74) is 0.163. The van der Waals surface area contributed by atoms with Gasteiger partial charge in [0.25, 0.3) is 6.43 Å². The second-order valence-electron chi connectivity index (χ2n) is 2.24. The Balaban J connectivity index is 3.25. The predicted octanol–water partition coefficient (Wildman–Crippen LogP) is 4.33. The largest absolute Gasteiger partial charge is 0.280 e. The summed E-state index contributed by atoms with van der Waals surface area (Å²) in [6.07, 6.45) is -2.58. The Labute approximate surface area is 95.8 Å². The highest BCUT2D eigenvalue weighted by Gasteiger charge is 2.16. The van der Waals surface area contributed by atoms with Crippen molar-refractivity contribution >= 4 is 43.5 Å². The zero-order chi connectivity index (χ0) is 10.0. The molecule has 0 aliphatic rings. The highest BCUT2D eigenvalue weighted by Crippen LogP contribution is 2.29. The minimum absolute atomic E-state index is 0.242. The van der Waals surface area contributed by atoms with E-state index in [0.717, 1.165) is 0 Å². The number of alkyl halides is 3. The third-order valence-electron chi connectivity index (χ3n) is 1.40. The van der Waals surface area contributed by atoms with Crippen LogP contribution in [-0.4, -0.2) is 4.98 Å². The van der Waals surface area contributed by atoms with Crippen molar-refractivity contribution in [3.05, 3.63) is 26.9 Å². The summed E-state index contributed by atoms with van der Waals surface area (Å²) in [6, 6.07) is 1.47. The Morgan fingerprint density at radius 3 is 2.62 bits per heavy atom. The van der Waals surface area contributed by atoms with Crippen LogP contribution >= 0.6 is 43.5 Å². The number of hydrogen-bond acceptors (Lipinski definition) is 1. The third-order valence-corrected chi connectivity index (χ3v) is 3.12. The molecule has 0 atom stereocenters. The van der Waals surface area contributed by atoms with Gasteiger partial charge in [-0.05, 0) is 27.6 Å². The fourth-order valence-corrected chi connectivity index (χ4v) is 1.74. The van der Waals surface area contributed by atoms with Crippen LogP contribution in [0.4, 0.5) is 8.78 Å². The average molecular weight is 335 g/mol. The van der Waals surface area contributed by atoms with E-state index in [0.29, 0.717) is 15.9 Å². The number of pyridine rings is 1. The molecule has 0 unspecified atom stereocenters. The summed E-state index contributed by atoms with van der Waals surface area (Å²) in [5, 5.41) is 0.644. The molecule has 1 aromatic heterocycles. The zero-order valence-corrected chi connectivity index (χ0v) is 10.1. The summed E-state index contributed by atoms with van der Waals surface area (Å²) in [6.45, 7) is 0. The molecule has 6 heteroatoms. The minimum Gasteiger partial charge on any atom is -0.238 e. The lowest BCUT2D eigenvalue weighted by atomic mass is 10.2. The van der Waals surface area contributed by atoms with Crippen molar-refractivity contribution in [3.8, 4) is 0 Å². The fourth-order valence-electron chi connectivity index (χ4n) is 0.813. The lowest BCUT2D eigenvalue weighted by Crippen LogP contribution is -1.97. The van der Waals surface area contributed by atoms with E-state index < -0.39 is 6.43 Å². The van der Waals surface area contributed by atoms with E-state index in [-0.39, 0.29) is 10.3 Å². The van der Waals surface area contributed by atoms with Crippen LogP contribution in [0.25, 0.3) is 0 Å². The topological polar surface area (TPSA) is 12.9 Å². The quantitative estimate of drug-likeness (QED) is 0.579. The van der Waals surface area contributed by atoms with Crippen LogP contribution in [0.15, 0.2) is 10.7 Å². The summed E-state index contributed by atoms with van der Waals surface area (Å²) in [4.78, 5) is 3.65. The van der Waals surface area contributed by atoms with Gasteiger partial charge in [-0.1, -0.05) is 27.5 Å². The van der Waals surface area contributed by atoms with Crippen molar-refractivity contribution in [2.24, 2.45) is 0 Å². The molecule has 0 fully saturated rings. The van der Waals surface area contributed by atoms with Gasteiger partial charge in [-0.3, -0.25) is 0 Å². The number of hydrogen-bond donors (Lipinski definition) is 0. The van der Waals surface area contributed by atoms with Gasteiger partial charge in [-0.15, -0.1) is 0 Å². The van der Waals surface area contributed by atoms with Crippen LogP contribution < -0.4 is 0 Å². The van der Waals surface area contributed by atoms with Crippen LogP contribution in [0.5, 0.6) is 0 Å². The van der Waals surface area contributed by atoms with E-state index in [1.165, 1.54) is 6.07 Å². The molecule has 1 heterocycles. The van der Waals surface area contributed by atoms with Crippen molar-refractivity contribution in [2.75, 3.05) is 0 Å². The van der Waals surface area contributed by atoms with Gasteiger partial charge in [0, 0.05) is 5.33 Å². The molecule has 0 aromatic carbocycles. The molecule has 1 rings (SSSR count). The summed E-state index contributed by atoms with van der Waals surface area (Å²) in [7, 11) is 0. The molecule has 0 amide bonds. The van der Waals surface area contributed by atoms with E-state index in [1.54, 1.807) is 0 Å². The maximum Gasteiger partial charge on any atom is 0.280 e. The number of halogens is 5. The van der Waals surface area contributed by atoms with Gasteiger partial charge < -0.3 is 0 Å². The van der Waals surface area contributed by atoms with Crippen molar-refractivity contribution in [3.63, 3.8) is 0 Å². The van der Waals surface area contributed by atoms with Crippen molar-refractivity contribution in [1.82, 2.24) is 4.98 Å². The Morgan fingerprint density at radius 2 is 2.15 bits per heavy atom. The first-order valence-electron chi connectivity index (χ1n) is 3.25. The molecule has 0 bridgehead atoms. The Hall–Kier alpha value is 0.260. The molecule has 13 heavy (non-hydrogen) atoms. The van der Waals surface area contributed by atoms with Crippen molar-refractivity contribution in [2.45, 2.75) is 11.8 Å². The van der Waals surface area contributed by atoms with Gasteiger partial charge in [0.15, 0.2) is 0 Å². The van der Waals surface area contributed by atoms with Gasteiger partial charge in [0.2, 0.25) is 0 Å². The molecule has 1 nitrogen and oxygen atoms in total. The Morgan fingerprint density at radius 1 is 1.54 bits per heavy atom. The standard InChI is InChI=1S/C7H4Br2ClF2N/c8-2-3-1-4(10)6(9)13-5(3)7(11)12/h1,7H,2H2. The monoisotopic (exact) mass is 333 g/mol. The molecule has 1 aromatic rings. The number of aromatic nitrogens is 1. The number of rotatable bonds is 2. The molecule has 0 aliphatic carbocycles. The van der Waals surface area contributed by atoms with Crippen LogP contribution in [0.2, 0.25) is 5.02 Å². The van der Waals surface area contributed by atoms with E-state index in [4.69, 9.17) is 11.6 Å². The third kappa shape index (κ3) is 2.60. The summed E-state index contributed by atoms with van der Waals surface area (Å²) < 4.78 is 25.0. The lowest BCUT2D eigenvalue weighted by molar-refractivity contribution is 0.145. The molecule has 0 spiro atoms. The maximum atomic E-state index is 12.4. The van der Waals surface area contributed by atoms with E-state index in [1.807, 2.05) is 0 Å². The van der Waals surface area contributed by atoms with Gasteiger partial charge in [0.1, 0.15) is 10.3 Å². The molecule has 0 N–H and O–H groups in total. The molecule has 72 valence electrons. The molecular formula is C7H4Br2ClF2N. The highest BCUT2D eigenvalue weighted by atomic mass is 79.9. The summed E-state index contributed by atoms with van der Waals surface area (Å²) in [5.74, 6) is 0. The van der Waals surface area contributed by atoms with Crippen molar-refractivity contribution in [1.29, 1.82) is 0 Å². The van der Waals surface area contributed by atoms with Crippen molar-refractivity contribution < 1.29 is 8.78 Å². The molecule has 0 saturated heterocycles. The SMILES string of the molecule is FC(F)c1nc(Br)c(Cl)cc1CBr. The van der Waals surface area contributed by atoms with E-state index >= 15 is 0 Å². The van der Waals surface area contributed by atoms with Crippen LogP contribution in [0.1, 0.15) is 17.7 Å². The normalized spacial score (nSPS) is 10.9. The van der Waals surface area contributed by atoms with Gasteiger partial charge >= 0.3 is 0 Å². The zero-order valence-electron chi connectivity index (χ0n) is 6.20. The van der Waals surface area contributed by atoms with Crippen LogP contribution in [-0.2, 0) is 5.33 Å². The minimum atomic E-state index is -2.58. The van der Waals surface area contributed by atoms with Gasteiger partial charge in [0.05, 0.1) is 5.02 Å². The fraction of sp³-hybridized carbons (Fsp3) is 0.286. The maximum absolute atomic E-state index is 12.4. The second kappa shape index (κ2) is 4.66. The first kappa shape index (κ1) is 11.3. The molecular weight excluding hydrogens is 331 g/mol. The van der Waals surface area contributed by atoms with Crippen LogP contribution in [0, 0.1) is 0 Å². The Bertz CT molecular complexity index is 320. The predicted molar refractivity (Wildman–Crippen MR) is 54.5 cm³/mol. The second-order valence-corrected chi connectivity index (χ2v) is 3.96. The average Bonchev–Trinajstić information content (AvgIpc) is 2.08. The summed E-state index contributed by atoms with van der Waals surface area (Å²) >= 11 is 11.8. The molecule has 0 aliphatic heterocycles. The highest BCUT2D eigenvalue weighted by molar-refractivity contribution is 9.10. The first-order chi connectivity index (χ1) is 6.06. The molecule has 0 radical (unpaired) electrons. The number of nitrogens with zero attached hydrogens (tertiary/aromatic N) is 1. The smallest absolute Gasteiger partial charge is 0.238 e. The van der Waals surface area contributed by atoms with E-state index in [9.17, 15) is 8.78 Å².